The number of nitrogens with zero attached hydrogens (tertiary/aromatic N) is 3. The molecule has 7 nitrogen and oxygen atoms in total. The number of aromatic nitrogens is 3. The number of aliphatic hydroxyl groups is 1. The van der Waals surface area contributed by atoms with Crippen LogP contribution in [0.1, 0.15) is 71.7 Å². The first kappa shape index (κ1) is 22.3. The summed E-state index contributed by atoms with van der Waals surface area (Å²) in [6.07, 6.45) is 4.94. The third kappa shape index (κ3) is 5.81. The Morgan fingerprint density at radius 2 is 1.93 bits per heavy atom. The third-order valence-electron chi connectivity index (χ3n) is 5.50. The van der Waals surface area contributed by atoms with E-state index in [4.69, 9.17) is 0 Å². The minimum Gasteiger partial charge on any atom is -0.373 e. The lowest BCUT2D eigenvalue weighted by molar-refractivity contribution is 0.212. The van der Waals surface area contributed by atoms with Gasteiger partial charge in [-0.1, -0.05) is 59.9 Å². The molecule has 0 bridgehead atoms. The monoisotopic (exact) mass is 412 g/mol. The molecule has 1 aromatic heterocycles. The number of hydrogen-bond donors (Lipinski definition) is 4. The van der Waals surface area contributed by atoms with E-state index in [0.29, 0.717) is 24.2 Å². The molecule has 0 saturated heterocycles. The van der Waals surface area contributed by atoms with E-state index in [1.807, 2.05) is 18.2 Å². The second kappa shape index (κ2) is 9.60. The van der Waals surface area contributed by atoms with Crippen molar-refractivity contribution in [2.45, 2.75) is 78.4 Å². The zero-order valence-corrected chi connectivity index (χ0v) is 18.9. The zero-order chi connectivity index (χ0) is 21.7. The molecule has 0 radical (unpaired) electrons. The highest BCUT2D eigenvalue weighted by molar-refractivity contribution is 5.67. The molecule has 0 amide bonds. The summed E-state index contributed by atoms with van der Waals surface area (Å²) >= 11 is 0. The Hall–Kier alpha value is -2.41. The van der Waals surface area contributed by atoms with Crippen molar-refractivity contribution in [3.05, 3.63) is 29.6 Å². The fourth-order valence-corrected chi connectivity index (χ4v) is 3.56. The number of fused-ring (bicyclic) bond motifs is 1. The highest BCUT2D eigenvalue weighted by Crippen LogP contribution is 2.29. The van der Waals surface area contributed by atoms with E-state index in [2.05, 4.69) is 65.5 Å². The van der Waals surface area contributed by atoms with Crippen LogP contribution in [0.3, 0.4) is 0 Å². The van der Waals surface area contributed by atoms with Crippen LogP contribution in [0.4, 0.5) is 23.3 Å². The summed E-state index contributed by atoms with van der Waals surface area (Å²) in [5.41, 5.74) is 2.74. The first-order chi connectivity index (χ1) is 14.3. The standard InChI is InChI=1S/C23H36N6O/c1-6-8-9-15(7-2)14-24-21-27-20(23(3,4)5)28-22(29-21)25-17-11-10-16-12-19(30)26-18(16)13-17/h10-11,13,15,19,26,30H,6-9,12,14H2,1-5H3,(H2,24,25,27,28,29). The highest BCUT2D eigenvalue weighted by Gasteiger charge is 2.21. The first-order valence-corrected chi connectivity index (χ1v) is 11.1. The average Bonchev–Trinajstić information content (AvgIpc) is 3.06. The summed E-state index contributed by atoms with van der Waals surface area (Å²) in [6.45, 7) is 11.6. The quantitative estimate of drug-likeness (QED) is 0.469. The predicted molar refractivity (Wildman–Crippen MR) is 123 cm³/mol. The van der Waals surface area contributed by atoms with Crippen molar-refractivity contribution < 1.29 is 5.11 Å². The average molecular weight is 413 g/mol. The Bertz CT molecular complexity index is 848. The van der Waals surface area contributed by atoms with Gasteiger partial charge in [-0.25, -0.2) is 0 Å². The molecular formula is C23H36N6O. The Morgan fingerprint density at radius 3 is 2.63 bits per heavy atom. The SMILES string of the molecule is CCCCC(CC)CNc1nc(Nc2ccc3c(c2)NC(O)C3)nc(C(C)(C)C)n1. The summed E-state index contributed by atoms with van der Waals surface area (Å²) in [6, 6.07) is 5.99. The smallest absolute Gasteiger partial charge is 0.232 e. The maximum absolute atomic E-state index is 9.80. The minimum absolute atomic E-state index is 0.189. The lowest BCUT2D eigenvalue weighted by atomic mass is 9.96. The molecule has 0 spiro atoms. The van der Waals surface area contributed by atoms with Gasteiger partial charge in [0.15, 0.2) is 0 Å². The van der Waals surface area contributed by atoms with Gasteiger partial charge in [-0.2, -0.15) is 15.0 Å². The van der Waals surface area contributed by atoms with Crippen LogP contribution in [0.5, 0.6) is 0 Å². The maximum atomic E-state index is 9.80. The molecule has 4 N–H and O–H groups in total. The van der Waals surface area contributed by atoms with Crippen LogP contribution in [0.25, 0.3) is 0 Å². The maximum Gasteiger partial charge on any atom is 0.232 e. The number of rotatable bonds is 9. The van der Waals surface area contributed by atoms with E-state index in [-0.39, 0.29) is 5.41 Å². The summed E-state index contributed by atoms with van der Waals surface area (Å²) in [5.74, 6) is 2.50. The van der Waals surface area contributed by atoms with Crippen LogP contribution in [-0.2, 0) is 11.8 Å². The molecule has 2 atom stereocenters. The van der Waals surface area contributed by atoms with Gasteiger partial charge in [-0.05, 0) is 30.0 Å². The highest BCUT2D eigenvalue weighted by atomic mass is 16.3. The molecule has 2 heterocycles. The largest absolute Gasteiger partial charge is 0.373 e. The molecule has 1 aliphatic rings. The lowest BCUT2D eigenvalue weighted by Crippen LogP contribution is -2.21. The lowest BCUT2D eigenvalue weighted by Gasteiger charge is -2.20. The van der Waals surface area contributed by atoms with Gasteiger partial charge < -0.3 is 21.1 Å². The van der Waals surface area contributed by atoms with Crippen molar-refractivity contribution in [1.29, 1.82) is 0 Å². The van der Waals surface area contributed by atoms with Crippen LogP contribution in [0.15, 0.2) is 18.2 Å². The number of nitrogens with one attached hydrogen (secondary N) is 3. The fourth-order valence-electron chi connectivity index (χ4n) is 3.56. The molecule has 1 aromatic carbocycles. The second-order valence-electron chi connectivity index (χ2n) is 9.21. The van der Waals surface area contributed by atoms with Gasteiger partial charge in [0.25, 0.3) is 0 Å². The third-order valence-corrected chi connectivity index (χ3v) is 5.50. The normalized spacial score (nSPS) is 16.7. The molecule has 1 aliphatic heterocycles. The van der Waals surface area contributed by atoms with Crippen LogP contribution in [0.2, 0.25) is 0 Å². The van der Waals surface area contributed by atoms with Crippen LogP contribution in [0, 0.1) is 5.92 Å². The Balaban J connectivity index is 1.78. The Morgan fingerprint density at radius 1 is 1.17 bits per heavy atom. The topological polar surface area (TPSA) is 95.0 Å². The molecule has 30 heavy (non-hydrogen) atoms. The van der Waals surface area contributed by atoms with Gasteiger partial charge in [0.2, 0.25) is 11.9 Å². The van der Waals surface area contributed by atoms with Gasteiger partial charge >= 0.3 is 0 Å². The summed E-state index contributed by atoms with van der Waals surface area (Å²) in [5, 5.41) is 19.6. The summed E-state index contributed by atoms with van der Waals surface area (Å²) in [4.78, 5) is 14.0. The van der Waals surface area contributed by atoms with Crippen LogP contribution < -0.4 is 16.0 Å². The van der Waals surface area contributed by atoms with Crippen LogP contribution >= 0.6 is 0 Å². The Labute approximate surface area is 180 Å². The van der Waals surface area contributed by atoms with E-state index >= 15 is 0 Å². The van der Waals surface area contributed by atoms with Crippen molar-refractivity contribution in [2.24, 2.45) is 5.92 Å². The molecule has 2 aromatic rings. The molecule has 3 rings (SSSR count). The van der Waals surface area contributed by atoms with Gasteiger partial charge in [0.1, 0.15) is 12.1 Å². The number of hydrogen-bond acceptors (Lipinski definition) is 7. The first-order valence-electron chi connectivity index (χ1n) is 11.1. The number of anilines is 4. The van der Waals surface area contributed by atoms with E-state index in [1.54, 1.807) is 0 Å². The molecule has 2 unspecified atom stereocenters. The fraction of sp³-hybridized carbons (Fsp3) is 0.609. The minimum atomic E-state index is -0.519. The van der Waals surface area contributed by atoms with Crippen molar-refractivity contribution in [2.75, 3.05) is 22.5 Å². The van der Waals surface area contributed by atoms with Gasteiger partial charge in [0.05, 0.1) is 0 Å². The number of aliphatic hydroxyl groups excluding tert-OH is 1. The molecule has 7 heteroatoms. The molecule has 0 fully saturated rings. The van der Waals surface area contributed by atoms with E-state index in [1.165, 1.54) is 19.3 Å². The van der Waals surface area contributed by atoms with E-state index in [0.717, 1.165) is 35.7 Å². The van der Waals surface area contributed by atoms with E-state index in [9.17, 15) is 5.11 Å². The van der Waals surface area contributed by atoms with Gasteiger partial charge in [-0.3, -0.25) is 0 Å². The number of benzene rings is 1. The van der Waals surface area contributed by atoms with E-state index < -0.39 is 6.23 Å². The molecule has 0 saturated carbocycles. The Kier molecular flexibility index (Phi) is 7.13. The molecule has 164 valence electrons. The zero-order valence-electron chi connectivity index (χ0n) is 18.9. The molecular weight excluding hydrogens is 376 g/mol. The van der Waals surface area contributed by atoms with Gasteiger partial charge in [0, 0.05) is 29.8 Å². The summed E-state index contributed by atoms with van der Waals surface area (Å²) in [7, 11) is 0. The van der Waals surface area contributed by atoms with Crippen molar-refractivity contribution in [3.8, 4) is 0 Å². The predicted octanol–water partition coefficient (Wildman–Crippen LogP) is 4.83. The van der Waals surface area contributed by atoms with Crippen molar-refractivity contribution >= 4 is 23.3 Å². The number of unbranched alkanes of at least 4 members (excludes halogenated alkanes) is 1. The molecule has 0 aliphatic carbocycles. The second-order valence-corrected chi connectivity index (χ2v) is 9.21. The van der Waals surface area contributed by atoms with Crippen molar-refractivity contribution in [1.82, 2.24) is 15.0 Å². The van der Waals surface area contributed by atoms with Gasteiger partial charge in [-0.15, -0.1) is 0 Å². The van der Waals surface area contributed by atoms with Crippen LogP contribution in [-0.4, -0.2) is 32.8 Å². The van der Waals surface area contributed by atoms with Crippen molar-refractivity contribution in [3.63, 3.8) is 0 Å². The summed E-state index contributed by atoms with van der Waals surface area (Å²) < 4.78 is 0.